The molecule has 31 heavy (non-hydrogen) atoms. The van der Waals surface area contributed by atoms with Crippen LogP contribution in [0.25, 0.3) is 0 Å². The largest absolute Gasteiger partial charge is 0.464 e. The lowest BCUT2D eigenvalue weighted by molar-refractivity contribution is -0.127. The van der Waals surface area contributed by atoms with Gasteiger partial charge in [-0.25, -0.2) is 0 Å². The zero-order valence-electron chi connectivity index (χ0n) is 17.7. The third-order valence-corrected chi connectivity index (χ3v) is 6.11. The molecule has 8 heteroatoms. The van der Waals surface area contributed by atoms with Crippen molar-refractivity contribution in [2.75, 3.05) is 0 Å². The fourth-order valence-corrected chi connectivity index (χ4v) is 4.38. The van der Waals surface area contributed by atoms with Crippen LogP contribution >= 0.6 is 11.5 Å². The predicted octanol–water partition coefficient (Wildman–Crippen LogP) is 4.19. The minimum Gasteiger partial charge on any atom is -0.464 e. The molecule has 1 aliphatic carbocycles. The number of amides is 2. The molecule has 1 aliphatic rings. The molecule has 2 aromatic heterocycles. The first kappa shape index (κ1) is 21.2. The molecule has 0 bridgehead atoms. The number of furan rings is 1. The summed E-state index contributed by atoms with van der Waals surface area (Å²) in [7, 11) is 0. The van der Waals surface area contributed by atoms with E-state index in [9.17, 15) is 9.59 Å². The van der Waals surface area contributed by atoms with Crippen LogP contribution in [0, 0.1) is 13.8 Å². The lowest BCUT2D eigenvalue weighted by atomic mass is 10.1. The van der Waals surface area contributed by atoms with Crippen LogP contribution < -0.4 is 5.32 Å². The van der Waals surface area contributed by atoms with Gasteiger partial charge in [0.05, 0.1) is 0 Å². The topological polar surface area (TPSA) is 88.3 Å². The van der Waals surface area contributed by atoms with Crippen molar-refractivity contribution in [3.8, 4) is 0 Å². The smallest absolute Gasteiger partial charge is 0.276 e. The monoisotopic (exact) mass is 438 g/mol. The van der Waals surface area contributed by atoms with E-state index in [2.05, 4.69) is 14.9 Å². The van der Waals surface area contributed by atoms with E-state index in [0.717, 1.165) is 48.3 Å². The van der Waals surface area contributed by atoms with E-state index in [-0.39, 0.29) is 30.1 Å². The summed E-state index contributed by atoms with van der Waals surface area (Å²) in [5.74, 6) is 0.545. The van der Waals surface area contributed by atoms with Gasteiger partial charge >= 0.3 is 0 Å². The van der Waals surface area contributed by atoms with Crippen molar-refractivity contribution in [3.63, 3.8) is 0 Å². The molecule has 2 heterocycles. The average Bonchev–Trinajstić information content (AvgIpc) is 3.52. The van der Waals surface area contributed by atoms with Gasteiger partial charge in [0.15, 0.2) is 11.7 Å². The summed E-state index contributed by atoms with van der Waals surface area (Å²) in [6.45, 7) is 4.09. The van der Waals surface area contributed by atoms with Crippen molar-refractivity contribution in [2.24, 2.45) is 0 Å². The molecule has 2 amide bonds. The molecule has 0 radical (unpaired) electrons. The fraction of sp³-hybridized carbons (Fsp3) is 0.391. The number of benzene rings is 1. The molecule has 0 unspecified atom stereocenters. The van der Waals surface area contributed by atoms with Crippen LogP contribution in [0.15, 0.2) is 46.2 Å². The molecule has 1 N–H and O–H groups in total. The second kappa shape index (κ2) is 9.43. The number of carbonyl (C=O) groups is 2. The highest BCUT2D eigenvalue weighted by Crippen LogP contribution is 2.28. The summed E-state index contributed by atoms with van der Waals surface area (Å²) in [4.78, 5) is 28.5. The van der Waals surface area contributed by atoms with Gasteiger partial charge in [-0.05, 0) is 55.9 Å². The van der Waals surface area contributed by atoms with Crippen molar-refractivity contribution in [1.29, 1.82) is 0 Å². The Morgan fingerprint density at radius 2 is 1.90 bits per heavy atom. The molecule has 1 aromatic carbocycles. The number of aryl methyl sites for hydroxylation is 2. The quantitative estimate of drug-likeness (QED) is 0.598. The first-order valence-corrected chi connectivity index (χ1v) is 11.3. The highest BCUT2D eigenvalue weighted by molar-refractivity contribution is 7.03. The van der Waals surface area contributed by atoms with Crippen LogP contribution in [0.5, 0.6) is 0 Å². The second-order valence-corrected chi connectivity index (χ2v) is 8.66. The van der Waals surface area contributed by atoms with E-state index in [1.54, 1.807) is 11.4 Å². The third-order valence-electron chi connectivity index (χ3n) is 5.61. The van der Waals surface area contributed by atoms with Gasteiger partial charge in [-0.2, -0.15) is 0 Å². The van der Waals surface area contributed by atoms with Crippen molar-refractivity contribution < 1.29 is 14.0 Å². The SMILES string of the molecule is Cc1ccc(CN(C(=O)c2csnn2)[C@H](C(=O)NC2CCCC2)c2ccc(C)o2)cc1. The molecule has 3 aromatic rings. The van der Waals surface area contributed by atoms with Crippen molar-refractivity contribution in [3.05, 3.63) is 70.1 Å². The van der Waals surface area contributed by atoms with E-state index in [1.165, 1.54) is 4.90 Å². The average molecular weight is 439 g/mol. The van der Waals surface area contributed by atoms with Gasteiger partial charge < -0.3 is 14.6 Å². The molecular formula is C23H26N4O3S. The Morgan fingerprint density at radius 3 is 2.52 bits per heavy atom. The number of hydrogen-bond acceptors (Lipinski definition) is 6. The van der Waals surface area contributed by atoms with Crippen LogP contribution in [-0.2, 0) is 11.3 Å². The van der Waals surface area contributed by atoms with E-state index < -0.39 is 6.04 Å². The minimum absolute atomic E-state index is 0.128. The summed E-state index contributed by atoms with van der Waals surface area (Å²) >= 11 is 1.11. The normalized spacial score (nSPS) is 15.0. The van der Waals surface area contributed by atoms with Gasteiger partial charge in [0, 0.05) is 18.0 Å². The molecule has 1 fully saturated rings. The Labute approximate surface area is 185 Å². The lowest BCUT2D eigenvalue weighted by Crippen LogP contribution is -2.45. The molecule has 162 valence electrons. The molecule has 1 saturated carbocycles. The maximum absolute atomic E-state index is 13.5. The van der Waals surface area contributed by atoms with Crippen molar-refractivity contribution in [1.82, 2.24) is 19.8 Å². The Bertz CT molecular complexity index is 1020. The Morgan fingerprint density at radius 1 is 1.16 bits per heavy atom. The first-order chi connectivity index (χ1) is 15.0. The number of nitrogens with one attached hydrogen (secondary N) is 1. The Hall–Kier alpha value is -3.00. The van der Waals surface area contributed by atoms with Crippen LogP contribution in [0.3, 0.4) is 0 Å². The fourth-order valence-electron chi connectivity index (χ4n) is 3.95. The number of hydrogen-bond donors (Lipinski definition) is 1. The summed E-state index contributed by atoms with van der Waals surface area (Å²) in [5.41, 5.74) is 2.27. The highest BCUT2D eigenvalue weighted by atomic mass is 32.1. The Kier molecular flexibility index (Phi) is 6.46. The summed E-state index contributed by atoms with van der Waals surface area (Å²) in [6, 6.07) is 10.7. The van der Waals surface area contributed by atoms with Crippen molar-refractivity contribution >= 4 is 23.3 Å². The molecule has 1 atom stereocenters. The van der Waals surface area contributed by atoms with Crippen LogP contribution in [-0.4, -0.2) is 32.3 Å². The van der Waals surface area contributed by atoms with Gasteiger partial charge in [-0.1, -0.05) is 47.2 Å². The molecule has 0 saturated heterocycles. The van der Waals surface area contributed by atoms with Gasteiger partial charge in [0.25, 0.3) is 11.8 Å². The highest BCUT2D eigenvalue weighted by Gasteiger charge is 2.36. The number of aromatic nitrogens is 2. The van der Waals surface area contributed by atoms with Gasteiger partial charge in [0.1, 0.15) is 11.5 Å². The second-order valence-electron chi connectivity index (χ2n) is 8.05. The third kappa shape index (κ3) is 5.02. The molecular weight excluding hydrogens is 412 g/mol. The maximum Gasteiger partial charge on any atom is 0.276 e. The lowest BCUT2D eigenvalue weighted by Gasteiger charge is -2.30. The van der Waals surface area contributed by atoms with E-state index in [1.807, 2.05) is 44.2 Å². The summed E-state index contributed by atoms with van der Waals surface area (Å²) < 4.78 is 9.68. The zero-order chi connectivity index (χ0) is 21.8. The molecule has 7 nitrogen and oxygen atoms in total. The molecule has 0 spiro atoms. The minimum atomic E-state index is -0.898. The zero-order valence-corrected chi connectivity index (χ0v) is 18.5. The Balaban J connectivity index is 1.71. The van der Waals surface area contributed by atoms with Crippen LogP contribution in [0.4, 0.5) is 0 Å². The van der Waals surface area contributed by atoms with Gasteiger partial charge in [-0.15, -0.1) is 5.10 Å². The van der Waals surface area contributed by atoms with E-state index >= 15 is 0 Å². The van der Waals surface area contributed by atoms with Crippen molar-refractivity contribution in [2.45, 2.75) is 58.2 Å². The molecule has 0 aliphatic heterocycles. The summed E-state index contributed by atoms with van der Waals surface area (Å²) in [6.07, 6.45) is 4.12. The first-order valence-electron chi connectivity index (χ1n) is 10.5. The molecule has 4 rings (SSSR count). The number of rotatable bonds is 7. The standard InChI is InChI=1S/C23H26N4O3S/c1-15-7-10-17(11-8-15)13-27(23(29)19-14-31-26-25-19)21(20-12-9-16(2)30-20)22(28)24-18-5-3-4-6-18/h7-12,14,18,21H,3-6,13H2,1-2H3,(H,24,28)/t21-/m0/s1. The van der Waals surface area contributed by atoms with E-state index in [0.29, 0.717) is 11.5 Å². The summed E-state index contributed by atoms with van der Waals surface area (Å²) in [5, 5.41) is 8.69. The van der Waals surface area contributed by atoms with Crippen LogP contribution in [0.1, 0.15) is 64.9 Å². The van der Waals surface area contributed by atoms with Gasteiger partial charge in [0.2, 0.25) is 0 Å². The predicted molar refractivity (Wildman–Crippen MR) is 118 cm³/mol. The van der Waals surface area contributed by atoms with Gasteiger partial charge in [-0.3, -0.25) is 9.59 Å². The number of nitrogens with zero attached hydrogens (tertiary/aromatic N) is 3. The maximum atomic E-state index is 13.5. The van der Waals surface area contributed by atoms with Crippen LogP contribution in [0.2, 0.25) is 0 Å². The van der Waals surface area contributed by atoms with E-state index in [4.69, 9.17) is 4.42 Å². The number of carbonyl (C=O) groups excluding carboxylic acids is 2.